The van der Waals surface area contributed by atoms with Gasteiger partial charge in [-0.15, -0.1) is 0 Å². The van der Waals surface area contributed by atoms with E-state index in [9.17, 15) is 4.79 Å². The Bertz CT molecular complexity index is 1120. The van der Waals surface area contributed by atoms with Gasteiger partial charge in [-0.25, -0.2) is 4.98 Å². The van der Waals surface area contributed by atoms with E-state index >= 15 is 0 Å². The van der Waals surface area contributed by atoms with E-state index in [1.165, 1.54) is 15.9 Å². The van der Waals surface area contributed by atoms with Crippen molar-refractivity contribution < 1.29 is 0 Å². The van der Waals surface area contributed by atoms with Gasteiger partial charge in [-0.2, -0.15) is 9.61 Å². The van der Waals surface area contributed by atoms with Crippen molar-refractivity contribution in [1.82, 2.24) is 14.6 Å². The van der Waals surface area contributed by atoms with E-state index in [0.717, 1.165) is 16.3 Å². The number of benzene rings is 2. The Morgan fingerprint density at radius 2 is 1.88 bits per heavy atom. The fourth-order valence-electron chi connectivity index (χ4n) is 2.50. The molecule has 0 saturated heterocycles. The summed E-state index contributed by atoms with van der Waals surface area (Å²) in [6.07, 6.45) is 0. The highest BCUT2D eigenvalue weighted by atomic mass is 35.5. The van der Waals surface area contributed by atoms with E-state index < -0.39 is 0 Å². The summed E-state index contributed by atoms with van der Waals surface area (Å²) >= 11 is 7.38. The van der Waals surface area contributed by atoms with E-state index in [4.69, 9.17) is 11.6 Å². The molecule has 0 aliphatic carbocycles. The molecule has 4 aromatic rings. The summed E-state index contributed by atoms with van der Waals surface area (Å²) in [4.78, 5) is 19.8. The second kappa shape index (κ2) is 5.58. The lowest BCUT2D eigenvalue weighted by atomic mass is 10.2. The third kappa shape index (κ3) is 2.44. The van der Waals surface area contributed by atoms with Crippen LogP contribution in [0.2, 0.25) is 5.02 Å². The number of fused-ring (bicyclic) bond motifs is 2. The van der Waals surface area contributed by atoms with Crippen molar-refractivity contribution in [2.75, 3.05) is 19.0 Å². The molecule has 24 heavy (non-hydrogen) atoms. The zero-order chi connectivity index (χ0) is 16.8. The van der Waals surface area contributed by atoms with Crippen molar-refractivity contribution in [3.05, 3.63) is 57.8 Å². The highest BCUT2D eigenvalue weighted by Crippen LogP contribution is 2.27. The maximum absolute atomic E-state index is 12.6. The number of hydrogen-bond donors (Lipinski definition) is 0. The summed E-state index contributed by atoms with van der Waals surface area (Å²) in [7, 11) is 3.99. The molecule has 0 aliphatic rings. The second-order valence-electron chi connectivity index (χ2n) is 5.62. The predicted octanol–water partition coefficient (Wildman–Crippen LogP) is 3.69. The molecule has 7 heteroatoms. The smallest absolute Gasteiger partial charge is 0.283 e. The fourth-order valence-corrected chi connectivity index (χ4v) is 3.57. The van der Waals surface area contributed by atoms with Gasteiger partial charge in [0.05, 0.1) is 10.9 Å². The Labute approximate surface area is 146 Å². The number of aromatic nitrogens is 3. The van der Waals surface area contributed by atoms with E-state index in [0.29, 0.717) is 20.9 Å². The van der Waals surface area contributed by atoms with Crippen LogP contribution < -0.4 is 10.5 Å². The molecule has 0 bridgehead atoms. The van der Waals surface area contributed by atoms with Gasteiger partial charge in [0.15, 0.2) is 0 Å². The summed E-state index contributed by atoms with van der Waals surface area (Å²) in [5.41, 5.74) is 2.49. The average molecular weight is 357 g/mol. The van der Waals surface area contributed by atoms with Crippen molar-refractivity contribution in [1.29, 1.82) is 0 Å². The Balaban J connectivity index is 1.90. The molecule has 2 aromatic carbocycles. The average Bonchev–Trinajstić information content (AvgIpc) is 3.00. The van der Waals surface area contributed by atoms with Crippen LogP contribution >= 0.6 is 22.9 Å². The molecule has 0 atom stereocenters. The monoisotopic (exact) mass is 356 g/mol. The summed E-state index contributed by atoms with van der Waals surface area (Å²) in [6.45, 7) is 0. The van der Waals surface area contributed by atoms with E-state index in [1.54, 1.807) is 18.2 Å². The molecular formula is C17H13ClN4OS. The standard InChI is InChI=1S/C17H13ClN4OS/c1-21(2)12-6-3-10(4-7-12)15-20-22-16(23)13-9-11(18)5-8-14(13)19-17(22)24-15/h3-9H,1-2H3. The Morgan fingerprint density at radius 1 is 1.12 bits per heavy atom. The molecule has 0 fully saturated rings. The highest BCUT2D eigenvalue weighted by Gasteiger charge is 2.12. The van der Waals surface area contributed by atoms with Crippen LogP contribution in [0.5, 0.6) is 0 Å². The van der Waals surface area contributed by atoms with Gasteiger partial charge in [-0.05, 0) is 42.5 Å². The van der Waals surface area contributed by atoms with Crippen LogP contribution in [0.4, 0.5) is 5.69 Å². The number of nitrogens with zero attached hydrogens (tertiary/aromatic N) is 4. The number of halogens is 1. The topological polar surface area (TPSA) is 50.5 Å². The molecular weight excluding hydrogens is 344 g/mol. The summed E-state index contributed by atoms with van der Waals surface area (Å²) in [5, 5.41) is 6.18. The summed E-state index contributed by atoms with van der Waals surface area (Å²) in [6, 6.07) is 13.1. The molecule has 0 aliphatic heterocycles. The number of rotatable bonds is 2. The largest absolute Gasteiger partial charge is 0.378 e. The van der Waals surface area contributed by atoms with Crippen LogP contribution in [0.25, 0.3) is 26.4 Å². The van der Waals surface area contributed by atoms with Crippen molar-refractivity contribution >= 4 is 44.5 Å². The second-order valence-corrected chi connectivity index (χ2v) is 7.01. The Kier molecular flexibility index (Phi) is 3.51. The van der Waals surface area contributed by atoms with Crippen molar-refractivity contribution in [3.63, 3.8) is 0 Å². The molecule has 0 saturated carbocycles. The summed E-state index contributed by atoms with van der Waals surface area (Å²) < 4.78 is 1.35. The normalized spacial score (nSPS) is 11.3. The van der Waals surface area contributed by atoms with Gasteiger partial charge in [0, 0.05) is 30.4 Å². The van der Waals surface area contributed by atoms with Crippen molar-refractivity contribution in [2.24, 2.45) is 0 Å². The molecule has 0 unspecified atom stereocenters. The molecule has 5 nitrogen and oxygen atoms in total. The zero-order valence-corrected chi connectivity index (χ0v) is 14.6. The lowest BCUT2D eigenvalue weighted by molar-refractivity contribution is 0.919. The minimum absolute atomic E-state index is 0.204. The lowest BCUT2D eigenvalue weighted by Crippen LogP contribution is -2.15. The van der Waals surface area contributed by atoms with Gasteiger partial charge < -0.3 is 4.90 Å². The predicted molar refractivity (Wildman–Crippen MR) is 99.4 cm³/mol. The van der Waals surface area contributed by atoms with E-state index in [-0.39, 0.29) is 5.56 Å². The number of hydrogen-bond acceptors (Lipinski definition) is 5. The first-order chi connectivity index (χ1) is 11.5. The third-order valence-electron chi connectivity index (χ3n) is 3.79. The van der Waals surface area contributed by atoms with Gasteiger partial charge in [0.25, 0.3) is 5.56 Å². The minimum atomic E-state index is -0.204. The molecule has 0 spiro atoms. The van der Waals surface area contributed by atoms with Crippen LogP contribution in [0.3, 0.4) is 0 Å². The zero-order valence-electron chi connectivity index (χ0n) is 13.0. The molecule has 0 radical (unpaired) electrons. The first-order valence-electron chi connectivity index (χ1n) is 7.30. The molecule has 4 rings (SSSR count). The summed E-state index contributed by atoms with van der Waals surface area (Å²) in [5.74, 6) is 0. The van der Waals surface area contributed by atoms with Crippen molar-refractivity contribution in [3.8, 4) is 10.6 Å². The molecule has 0 N–H and O–H groups in total. The van der Waals surface area contributed by atoms with Crippen LogP contribution in [0, 0.1) is 0 Å². The van der Waals surface area contributed by atoms with Gasteiger partial charge in [-0.1, -0.05) is 22.9 Å². The first kappa shape index (κ1) is 15.1. The molecule has 120 valence electrons. The lowest BCUT2D eigenvalue weighted by Gasteiger charge is -2.11. The van der Waals surface area contributed by atoms with Gasteiger partial charge in [0.1, 0.15) is 5.01 Å². The van der Waals surface area contributed by atoms with Gasteiger partial charge in [0.2, 0.25) is 4.96 Å². The maximum atomic E-state index is 12.6. The van der Waals surface area contributed by atoms with E-state index in [1.807, 2.05) is 43.3 Å². The van der Waals surface area contributed by atoms with Crippen molar-refractivity contribution in [2.45, 2.75) is 0 Å². The van der Waals surface area contributed by atoms with Crippen LogP contribution in [-0.2, 0) is 0 Å². The van der Waals surface area contributed by atoms with Gasteiger partial charge >= 0.3 is 0 Å². The Morgan fingerprint density at radius 3 is 2.58 bits per heavy atom. The Hall–Kier alpha value is -2.44. The highest BCUT2D eigenvalue weighted by molar-refractivity contribution is 7.19. The fraction of sp³-hybridized carbons (Fsp3) is 0.118. The quantitative estimate of drug-likeness (QED) is 0.549. The molecule has 2 heterocycles. The molecule has 2 aromatic heterocycles. The van der Waals surface area contributed by atoms with Gasteiger partial charge in [-0.3, -0.25) is 4.79 Å². The minimum Gasteiger partial charge on any atom is -0.378 e. The van der Waals surface area contributed by atoms with Crippen LogP contribution in [-0.4, -0.2) is 28.7 Å². The van der Waals surface area contributed by atoms with E-state index in [2.05, 4.69) is 10.1 Å². The van der Waals surface area contributed by atoms with Crippen LogP contribution in [0.15, 0.2) is 47.3 Å². The maximum Gasteiger partial charge on any atom is 0.283 e. The molecule has 0 amide bonds. The number of anilines is 1. The third-order valence-corrected chi connectivity index (χ3v) is 4.98. The van der Waals surface area contributed by atoms with Crippen LogP contribution in [0.1, 0.15) is 0 Å². The SMILES string of the molecule is CN(C)c1ccc(-c2nn3c(=O)c4cc(Cl)ccc4nc3s2)cc1. The first-order valence-corrected chi connectivity index (χ1v) is 8.49.